The minimum atomic E-state index is -0.0408. The van der Waals surface area contributed by atoms with Crippen LogP contribution in [0.5, 0.6) is 0 Å². The van der Waals surface area contributed by atoms with E-state index in [9.17, 15) is 0 Å². The molecular formula is C13H20N2O2. The number of ether oxygens (including phenoxy) is 2. The van der Waals surface area contributed by atoms with E-state index in [1.807, 2.05) is 12.4 Å². The Morgan fingerprint density at radius 2 is 2.06 bits per heavy atom. The second-order valence-corrected chi connectivity index (χ2v) is 4.22. The van der Waals surface area contributed by atoms with Crippen LogP contribution in [-0.4, -0.2) is 37.1 Å². The molecule has 1 unspecified atom stereocenters. The van der Waals surface area contributed by atoms with E-state index in [1.54, 1.807) is 0 Å². The number of nitrogens with zero attached hydrogens (tertiary/aromatic N) is 1. The Morgan fingerprint density at radius 3 is 2.71 bits per heavy atom. The summed E-state index contributed by atoms with van der Waals surface area (Å²) in [6, 6.07) is 4.51. The molecule has 0 bridgehead atoms. The third-order valence-electron chi connectivity index (χ3n) is 2.89. The van der Waals surface area contributed by atoms with Gasteiger partial charge in [-0.3, -0.25) is 4.98 Å². The van der Waals surface area contributed by atoms with Gasteiger partial charge in [0, 0.05) is 24.9 Å². The number of hydrogen-bond acceptors (Lipinski definition) is 4. The highest BCUT2D eigenvalue weighted by Crippen LogP contribution is 2.13. The molecule has 94 valence electrons. The van der Waals surface area contributed by atoms with Crippen LogP contribution in [0.4, 0.5) is 0 Å². The highest BCUT2D eigenvalue weighted by Gasteiger charge is 2.21. The molecule has 1 aromatic heterocycles. The van der Waals surface area contributed by atoms with Gasteiger partial charge in [0.2, 0.25) is 0 Å². The maximum Gasteiger partial charge on any atom is 0.159 e. The highest BCUT2D eigenvalue weighted by molar-refractivity contribution is 5.11. The van der Waals surface area contributed by atoms with Gasteiger partial charge in [0.05, 0.1) is 13.2 Å². The summed E-state index contributed by atoms with van der Waals surface area (Å²) in [5.41, 5.74) is 1.30. The number of pyridine rings is 1. The van der Waals surface area contributed by atoms with Gasteiger partial charge in [-0.25, -0.2) is 0 Å². The summed E-state index contributed by atoms with van der Waals surface area (Å²) in [4.78, 5) is 4.03. The molecule has 0 aromatic carbocycles. The summed E-state index contributed by atoms with van der Waals surface area (Å²) < 4.78 is 11.0. The van der Waals surface area contributed by atoms with Gasteiger partial charge in [0.1, 0.15) is 0 Å². The van der Waals surface area contributed by atoms with Crippen LogP contribution in [0.15, 0.2) is 24.5 Å². The normalized spacial score (nSPS) is 18.4. The van der Waals surface area contributed by atoms with E-state index in [1.165, 1.54) is 5.56 Å². The molecule has 1 saturated heterocycles. The van der Waals surface area contributed by atoms with E-state index < -0.39 is 0 Å². The van der Waals surface area contributed by atoms with Crippen molar-refractivity contribution in [1.82, 2.24) is 10.3 Å². The highest BCUT2D eigenvalue weighted by atomic mass is 16.7. The van der Waals surface area contributed by atoms with Crippen LogP contribution in [-0.2, 0) is 15.9 Å². The predicted molar refractivity (Wildman–Crippen MR) is 65.7 cm³/mol. The number of hydrogen-bond donors (Lipinski definition) is 1. The molecule has 1 aliphatic rings. The van der Waals surface area contributed by atoms with Crippen molar-refractivity contribution in [2.24, 2.45) is 0 Å². The molecule has 0 spiro atoms. The summed E-state index contributed by atoms with van der Waals surface area (Å²) in [6.45, 7) is 4.52. The van der Waals surface area contributed by atoms with Gasteiger partial charge >= 0.3 is 0 Å². The minimum Gasteiger partial charge on any atom is -0.350 e. The first kappa shape index (κ1) is 12.5. The lowest BCUT2D eigenvalue weighted by atomic mass is 10.0. The first-order chi connectivity index (χ1) is 8.38. The molecule has 2 heterocycles. The van der Waals surface area contributed by atoms with Crippen LogP contribution in [0.2, 0.25) is 0 Å². The second kappa shape index (κ2) is 6.69. The van der Waals surface area contributed by atoms with E-state index >= 15 is 0 Å². The predicted octanol–water partition coefficient (Wildman–Crippen LogP) is 1.37. The molecule has 1 fully saturated rings. The van der Waals surface area contributed by atoms with Gasteiger partial charge in [0.25, 0.3) is 0 Å². The van der Waals surface area contributed by atoms with Gasteiger partial charge in [-0.2, -0.15) is 0 Å². The number of aromatic nitrogens is 1. The molecule has 4 heteroatoms. The molecule has 0 saturated carbocycles. The lowest BCUT2D eigenvalue weighted by Crippen LogP contribution is -2.34. The standard InChI is InChI=1S/C13H20N2O2/c1-2-15-12(10-13-16-7-8-17-13)9-11-3-5-14-6-4-11/h3-6,12-13,15H,2,7-10H2,1H3. The van der Waals surface area contributed by atoms with E-state index in [0.717, 1.165) is 32.6 Å². The summed E-state index contributed by atoms with van der Waals surface area (Å²) in [6.07, 6.45) is 5.51. The van der Waals surface area contributed by atoms with E-state index in [0.29, 0.717) is 6.04 Å². The lowest BCUT2D eigenvalue weighted by Gasteiger charge is -2.20. The molecule has 1 aliphatic heterocycles. The maximum atomic E-state index is 5.49. The SMILES string of the molecule is CCNC(Cc1ccncc1)CC1OCCO1. The minimum absolute atomic E-state index is 0.0408. The molecule has 1 N–H and O–H groups in total. The average molecular weight is 236 g/mol. The van der Waals surface area contributed by atoms with Crippen molar-refractivity contribution < 1.29 is 9.47 Å². The summed E-state index contributed by atoms with van der Waals surface area (Å²) in [5.74, 6) is 0. The van der Waals surface area contributed by atoms with Gasteiger partial charge in [0.15, 0.2) is 6.29 Å². The van der Waals surface area contributed by atoms with Crippen molar-refractivity contribution in [2.45, 2.75) is 32.1 Å². The van der Waals surface area contributed by atoms with E-state index in [-0.39, 0.29) is 6.29 Å². The third kappa shape index (κ3) is 4.07. The fourth-order valence-electron chi connectivity index (χ4n) is 2.11. The summed E-state index contributed by atoms with van der Waals surface area (Å²) >= 11 is 0. The lowest BCUT2D eigenvalue weighted by molar-refractivity contribution is -0.0525. The van der Waals surface area contributed by atoms with Crippen LogP contribution < -0.4 is 5.32 Å². The van der Waals surface area contributed by atoms with Crippen molar-refractivity contribution >= 4 is 0 Å². The van der Waals surface area contributed by atoms with Gasteiger partial charge in [-0.15, -0.1) is 0 Å². The number of likely N-dealkylation sites (N-methyl/N-ethyl adjacent to an activating group) is 1. The fraction of sp³-hybridized carbons (Fsp3) is 0.615. The molecule has 17 heavy (non-hydrogen) atoms. The van der Waals surface area contributed by atoms with Crippen LogP contribution in [0.1, 0.15) is 18.9 Å². The van der Waals surface area contributed by atoms with Gasteiger partial charge < -0.3 is 14.8 Å². The number of rotatable bonds is 6. The molecule has 0 amide bonds. The van der Waals surface area contributed by atoms with Crippen molar-refractivity contribution in [2.75, 3.05) is 19.8 Å². The average Bonchev–Trinajstić information content (AvgIpc) is 2.83. The molecule has 0 radical (unpaired) electrons. The van der Waals surface area contributed by atoms with Crippen LogP contribution in [0.3, 0.4) is 0 Å². The van der Waals surface area contributed by atoms with E-state index in [4.69, 9.17) is 9.47 Å². The van der Waals surface area contributed by atoms with Crippen molar-refractivity contribution in [1.29, 1.82) is 0 Å². The zero-order valence-electron chi connectivity index (χ0n) is 10.3. The first-order valence-electron chi connectivity index (χ1n) is 6.24. The van der Waals surface area contributed by atoms with Gasteiger partial charge in [-0.05, 0) is 30.7 Å². The Labute approximate surface area is 102 Å². The second-order valence-electron chi connectivity index (χ2n) is 4.22. The van der Waals surface area contributed by atoms with Crippen molar-refractivity contribution in [3.05, 3.63) is 30.1 Å². The summed E-state index contributed by atoms with van der Waals surface area (Å²) in [5, 5.41) is 3.48. The zero-order chi connectivity index (χ0) is 11.9. The van der Waals surface area contributed by atoms with E-state index in [2.05, 4.69) is 29.4 Å². The molecule has 2 rings (SSSR count). The molecule has 4 nitrogen and oxygen atoms in total. The molecular weight excluding hydrogens is 216 g/mol. The molecule has 1 aromatic rings. The Bertz CT molecular complexity index is 312. The van der Waals surface area contributed by atoms with Crippen LogP contribution >= 0.6 is 0 Å². The molecule has 1 atom stereocenters. The largest absolute Gasteiger partial charge is 0.350 e. The maximum absolute atomic E-state index is 5.49. The number of nitrogens with one attached hydrogen (secondary N) is 1. The first-order valence-corrected chi connectivity index (χ1v) is 6.24. The van der Waals surface area contributed by atoms with Crippen LogP contribution in [0, 0.1) is 0 Å². The third-order valence-corrected chi connectivity index (χ3v) is 2.89. The summed E-state index contributed by atoms with van der Waals surface area (Å²) in [7, 11) is 0. The smallest absolute Gasteiger partial charge is 0.159 e. The molecule has 0 aliphatic carbocycles. The monoisotopic (exact) mass is 236 g/mol. The van der Waals surface area contributed by atoms with Gasteiger partial charge in [-0.1, -0.05) is 6.92 Å². The Balaban J connectivity index is 1.87. The Kier molecular flexibility index (Phi) is 4.91. The Morgan fingerprint density at radius 1 is 1.35 bits per heavy atom. The van der Waals surface area contributed by atoms with Crippen molar-refractivity contribution in [3.63, 3.8) is 0 Å². The quantitative estimate of drug-likeness (QED) is 0.810. The zero-order valence-corrected chi connectivity index (χ0v) is 10.3. The Hall–Kier alpha value is -0.970. The van der Waals surface area contributed by atoms with Crippen LogP contribution in [0.25, 0.3) is 0 Å². The topological polar surface area (TPSA) is 43.4 Å². The van der Waals surface area contributed by atoms with Crippen molar-refractivity contribution in [3.8, 4) is 0 Å². The fourth-order valence-corrected chi connectivity index (χ4v) is 2.11.